The maximum absolute atomic E-state index is 14.1. The Kier molecular flexibility index (Phi) is 7.98. The standard InChI is InChI=1S/C20H24FNO6S/c1-4-22(5-2)29(24,25)19-14-15(6-11-18(19)21)20(23)28-13-12-27-17-9-7-16(26-3)8-10-17/h6-11,14H,4-5,12-13H2,1-3H3. The predicted octanol–water partition coefficient (Wildman–Crippen LogP) is 3.10. The molecule has 29 heavy (non-hydrogen) atoms. The van der Waals surface area contributed by atoms with Gasteiger partial charge in [0, 0.05) is 13.1 Å². The molecule has 0 heterocycles. The van der Waals surface area contributed by atoms with Gasteiger partial charge in [-0.15, -0.1) is 0 Å². The van der Waals surface area contributed by atoms with Crippen molar-refractivity contribution in [3.05, 3.63) is 53.8 Å². The Bertz CT molecular complexity index is 926. The van der Waals surface area contributed by atoms with Gasteiger partial charge >= 0.3 is 5.97 Å². The van der Waals surface area contributed by atoms with Crippen LogP contribution in [0, 0.1) is 5.82 Å². The third-order valence-corrected chi connectivity index (χ3v) is 6.20. The molecule has 9 heteroatoms. The fourth-order valence-corrected chi connectivity index (χ4v) is 4.13. The Labute approximate surface area is 170 Å². The number of rotatable bonds is 10. The van der Waals surface area contributed by atoms with Crippen LogP contribution in [-0.2, 0) is 14.8 Å². The maximum atomic E-state index is 14.1. The number of carbonyl (C=O) groups excluding carboxylic acids is 1. The van der Waals surface area contributed by atoms with E-state index in [1.165, 1.54) is 6.07 Å². The predicted molar refractivity (Wildman–Crippen MR) is 105 cm³/mol. The summed E-state index contributed by atoms with van der Waals surface area (Å²) in [7, 11) is -2.48. The van der Waals surface area contributed by atoms with Gasteiger partial charge in [0.2, 0.25) is 10.0 Å². The van der Waals surface area contributed by atoms with E-state index in [1.54, 1.807) is 45.2 Å². The normalized spacial score (nSPS) is 11.3. The van der Waals surface area contributed by atoms with Crippen LogP contribution in [0.3, 0.4) is 0 Å². The van der Waals surface area contributed by atoms with Gasteiger partial charge in [0.25, 0.3) is 0 Å². The van der Waals surface area contributed by atoms with E-state index >= 15 is 0 Å². The van der Waals surface area contributed by atoms with Crippen LogP contribution < -0.4 is 9.47 Å². The number of nitrogens with zero attached hydrogens (tertiary/aromatic N) is 1. The molecule has 0 aliphatic rings. The molecule has 0 radical (unpaired) electrons. The van der Waals surface area contributed by atoms with Crippen molar-refractivity contribution in [3.63, 3.8) is 0 Å². The number of esters is 1. The highest BCUT2D eigenvalue weighted by Gasteiger charge is 2.26. The number of benzene rings is 2. The van der Waals surface area contributed by atoms with Gasteiger partial charge < -0.3 is 14.2 Å². The van der Waals surface area contributed by atoms with Crippen LogP contribution in [0.15, 0.2) is 47.4 Å². The summed E-state index contributed by atoms with van der Waals surface area (Å²) in [6.45, 7) is 3.73. The van der Waals surface area contributed by atoms with Crippen LogP contribution >= 0.6 is 0 Å². The van der Waals surface area contributed by atoms with E-state index in [2.05, 4.69) is 0 Å². The van der Waals surface area contributed by atoms with E-state index < -0.39 is 26.7 Å². The minimum Gasteiger partial charge on any atom is -0.497 e. The number of methoxy groups -OCH3 is 1. The molecule has 0 saturated carbocycles. The zero-order chi connectivity index (χ0) is 21.4. The molecule has 2 rings (SSSR count). The minimum absolute atomic E-state index is 0.0541. The molecule has 0 aromatic heterocycles. The Morgan fingerprint density at radius 1 is 1.00 bits per heavy atom. The highest BCUT2D eigenvalue weighted by molar-refractivity contribution is 7.89. The number of hydrogen-bond acceptors (Lipinski definition) is 6. The van der Waals surface area contributed by atoms with Gasteiger partial charge in [0.05, 0.1) is 12.7 Å². The molecule has 0 unspecified atom stereocenters. The van der Waals surface area contributed by atoms with E-state index in [-0.39, 0.29) is 31.9 Å². The monoisotopic (exact) mass is 425 g/mol. The Hall–Kier alpha value is -2.65. The summed E-state index contributed by atoms with van der Waals surface area (Å²) >= 11 is 0. The van der Waals surface area contributed by atoms with Crippen molar-refractivity contribution < 1.29 is 31.8 Å². The van der Waals surface area contributed by atoms with E-state index in [0.717, 1.165) is 16.4 Å². The molecule has 0 bridgehead atoms. The number of carbonyl (C=O) groups is 1. The van der Waals surface area contributed by atoms with Crippen molar-refractivity contribution in [1.29, 1.82) is 0 Å². The molecule has 2 aromatic carbocycles. The molecule has 0 aliphatic carbocycles. The average molecular weight is 425 g/mol. The first-order chi connectivity index (χ1) is 13.8. The van der Waals surface area contributed by atoms with Crippen molar-refractivity contribution in [1.82, 2.24) is 4.31 Å². The Morgan fingerprint density at radius 3 is 2.21 bits per heavy atom. The van der Waals surface area contributed by atoms with Crippen LogP contribution in [0.4, 0.5) is 4.39 Å². The fourth-order valence-electron chi connectivity index (χ4n) is 2.58. The lowest BCUT2D eigenvalue weighted by molar-refractivity contribution is 0.0450. The maximum Gasteiger partial charge on any atom is 0.338 e. The fraction of sp³-hybridized carbons (Fsp3) is 0.350. The summed E-state index contributed by atoms with van der Waals surface area (Å²) in [6, 6.07) is 10.0. The molecule has 0 atom stereocenters. The van der Waals surface area contributed by atoms with Crippen LogP contribution in [0.25, 0.3) is 0 Å². The van der Waals surface area contributed by atoms with E-state index in [1.807, 2.05) is 0 Å². The van der Waals surface area contributed by atoms with E-state index in [4.69, 9.17) is 14.2 Å². The zero-order valence-electron chi connectivity index (χ0n) is 16.6. The van der Waals surface area contributed by atoms with Gasteiger partial charge in [-0.2, -0.15) is 4.31 Å². The van der Waals surface area contributed by atoms with Gasteiger partial charge in [0.1, 0.15) is 35.4 Å². The number of sulfonamides is 1. The van der Waals surface area contributed by atoms with E-state index in [9.17, 15) is 17.6 Å². The summed E-state index contributed by atoms with van der Waals surface area (Å²) in [6.07, 6.45) is 0. The molecule has 158 valence electrons. The van der Waals surface area contributed by atoms with Gasteiger partial charge in [-0.05, 0) is 42.5 Å². The summed E-state index contributed by atoms with van der Waals surface area (Å²) in [5, 5.41) is 0. The third kappa shape index (κ3) is 5.68. The second-order valence-corrected chi connectivity index (χ2v) is 7.80. The summed E-state index contributed by atoms with van der Waals surface area (Å²) in [5.41, 5.74) is -0.0541. The van der Waals surface area contributed by atoms with Crippen LogP contribution in [0.1, 0.15) is 24.2 Å². The Balaban J connectivity index is 2.00. The first kappa shape index (κ1) is 22.6. The summed E-state index contributed by atoms with van der Waals surface area (Å²) in [4.78, 5) is 11.7. The molecular formula is C20H24FNO6S. The number of halogens is 1. The topological polar surface area (TPSA) is 82.1 Å². The quantitative estimate of drug-likeness (QED) is 0.430. The SMILES string of the molecule is CCN(CC)S(=O)(=O)c1cc(C(=O)OCCOc2ccc(OC)cc2)ccc1F. The van der Waals surface area contributed by atoms with Gasteiger partial charge in [-0.25, -0.2) is 17.6 Å². The highest BCUT2D eigenvalue weighted by atomic mass is 32.2. The van der Waals surface area contributed by atoms with Crippen molar-refractivity contribution >= 4 is 16.0 Å². The molecule has 7 nitrogen and oxygen atoms in total. The van der Waals surface area contributed by atoms with Crippen molar-refractivity contribution in [3.8, 4) is 11.5 Å². The molecule has 0 N–H and O–H groups in total. The molecule has 0 spiro atoms. The smallest absolute Gasteiger partial charge is 0.338 e. The van der Waals surface area contributed by atoms with Crippen LogP contribution in [0.5, 0.6) is 11.5 Å². The van der Waals surface area contributed by atoms with Crippen molar-refractivity contribution in [2.75, 3.05) is 33.4 Å². The average Bonchev–Trinajstić information content (AvgIpc) is 2.72. The van der Waals surface area contributed by atoms with Crippen LogP contribution in [-0.4, -0.2) is 52.1 Å². The molecule has 0 saturated heterocycles. The van der Waals surface area contributed by atoms with Gasteiger partial charge in [-0.3, -0.25) is 0 Å². The molecular weight excluding hydrogens is 401 g/mol. The molecule has 0 amide bonds. The largest absolute Gasteiger partial charge is 0.497 e. The summed E-state index contributed by atoms with van der Waals surface area (Å²) < 4.78 is 56.0. The summed E-state index contributed by atoms with van der Waals surface area (Å²) in [5.74, 6) is -0.414. The van der Waals surface area contributed by atoms with Crippen molar-refractivity contribution in [2.45, 2.75) is 18.7 Å². The number of hydrogen-bond donors (Lipinski definition) is 0. The molecule has 2 aromatic rings. The van der Waals surface area contributed by atoms with Gasteiger partial charge in [0.15, 0.2) is 0 Å². The second-order valence-electron chi connectivity index (χ2n) is 5.89. The van der Waals surface area contributed by atoms with E-state index in [0.29, 0.717) is 11.5 Å². The first-order valence-electron chi connectivity index (χ1n) is 9.07. The Morgan fingerprint density at radius 2 is 1.62 bits per heavy atom. The number of ether oxygens (including phenoxy) is 3. The molecule has 0 aliphatic heterocycles. The first-order valence-corrected chi connectivity index (χ1v) is 10.5. The second kappa shape index (κ2) is 10.2. The van der Waals surface area contributed by atoms with Crippen molar-refractivity contribution in [2.24, 2.45) is 0 Å². The third-order valence-electron chi connectivity index (χ3n) is 4.13. The zero-order valence-corrected chi connectivity index (χ0v) is 17.4. The minimum atomic E-state index is -4.04. The lowest BCUT2D eigenvalue weighted by Crippen LogP contribution is -2.31. The molecule has 0 fully saturated rings. The van der Waals surface area contributed by atoms with Crippen LogP contribution in [0.2, 0.25) is 0 Å². The highest BCUT2D eigenvalue weighted by Crippen LogP contribution is 2.21. The lowest BCUT2D eigenvalue weighted by atomic mass is 10.2. The lowest BCUT2D eigenvalue weighted by Gasteiger charge is -2.19. The van der Waals surface area contributed by atoms with Gasteiger partial charge in [-0.1, -0.05) is 13.8 Å².